The van der Waals surface area contributed by atoms with Crippen LogP contribution in [-0.2, 0) is 35.6 Å². The first-order valence-corrected chi connectivity index (χ1v) is 10.8. The number of anilines is 1. The number of nitrogens with zero attached hydrogens (tertiary/aromatic N) is 1. The van der Waals surface area contributed by atoms with Gasteiger partial charge in [-0.15, -0.1) is 0 Å². The van der Waals surface area contributed by atoms with Crippen molar-refractivity contribution in [1.29, 1.82) is 0 Å². The Labute approximate surface area is 159 Å². The predicted octanol–water partition coefficient (Wildman–Crippen LogP) is 2.57. The SMILES string of the molecule is NS(=O)(=NC(O)Nc1c2c(cc3c1CCC3)CCC2)c1cccc(C=O)c1. The predicted molar refractivity (Wildman–Crippen MR) is 105 cm³/mol. The number of aldehydes is 1. The summed E-state index contributed by atoms with van der Waals surface area (Å²) in [6, 6.07) is 8.47. The topological polar surface area (TPSA) is 105 Å². The summed E-state index contributed by atoms with van der Waals surface area (Å²) in [5.41, 5.74) is 6.43. The van der Waals surface area contributed by atoms with E-state index in [4.69, 9.17) is 5.14 Å². The van der Waals surface area contributed by atoms with Crippen LogP contribution in [0, 0.1) is 0 Å². The maximum atomic E-state index is 12.8. The first-order valence-electron chi connectivity index (χ1n) is 9.18. The number of hydrogen-bond acceptors (Lipinski definition) is 5. The zero-order valence-corrected chi connectivity index (χ0v) is 15.8. The van der Waals surface area contributed by atoms with Gasteiger partial charge in [0.15, 0.2) is 0 Å². The average Bonchev–Trinajstić information content (AvgIpc) is 3.30. The molecule has 0 amide bonds. The van der Waals surface area contributed by atoms with Crippen molar-refractivity contribution < 1.29 is 14.1 Å². The number of hydrogen-bond donors (Lipinski definition) is 3. The molecule has 0 fully saturated rings. The van der Waals surface area contributed by atoms with E-state index >= 15 is 0 Å². The molecule has 6 nitrogen and oxygen atoms in total. The number of aliphatic hydroxyl groups is 1. The Hall–Kier alpha value is -2.22. The van der Waals surface area contributed by atoms with Gasteiger partial charge in [-0.2, -0.15) is 4.36 Å². The van der Waals surface area contributed by atoms with E-state index in [0.717, 1.165) is 44.2 Å². The fraction of sp³-hybridized carbons (Fsp3) is 0.350. The molecule has 2 unspecified atom stereocenters. The third-order valence-electron chi connectivity index (χ3n) is 5.33. The van der Waals surface area contributed by atoms with E-state index < -0.39 is 16.3 Å². The van der Waals surface area contributed by atoms with Crippen molar-refractivity contribution in [2.45, 2.75) is 49.8 Å². The van der Waals surface area contributed by atoms with Gasteiger partial charge in [0.1, 0.15) is 16.2 Å². The molecule has 0 saturated heterocycles. The van der Waals surface area contributed by atoms with Gasteiger partial charge < -0.3 is 10.4 Å². The average molecular weight is 385 g/mol. The van der Waals surface area contributed by atoms with E-state index in [0.29, 0.717) is 11.8 Å². The van der Waals surface area contributed by atoms with E-state index in [-0.39, 0.29) is 4.90 Å². The van der Waals surface area contributed by atoms with Gasteiger partial charge >= 0.3 is 0 Å². The minimum absolute atomic E-state index is 0.219. The van der Waals surface area contributed by atoms with Gasteiger partial charge in [-0.05, 0) is 72.9 Å². The summed E-state index contributed by atoms with van der Waals surface area (Å²) in [5, 5.41) is 19.4. The first-order chi connectivity index (χ1) is 13.0. The molecular formula is C20H23N3O3S. The molecular weight excluding hydrogens is 362 g/mol. The van der Waals surface area contributed by atoms with Crippen molar-refractivity contribution in [3.63, 3.8) is 0 Å². The summed E-state index contributed by atoms with van der Waals surface area (Å²) in [6.07, 6.45) is 5.52. The molecule has 7 heteroatoms. The molecule has 0 aromatic heterocycles. The number of benzene rings is 2. The lowest BCUT2D eigenvalue weighted by Gasteiger charge is -2.19. The van der Waals surface area contributed by atoms with Crippen molar-refractivity contribution in [1.82, 2.24) is 0 Å². The lowest BCUT2D eigenvalue weighted by Crippen LogP contribution is -2.24. The quantitative estimate of drug-likeness (QED) is 0.543. The van der Waals surface area contributed by atoms with E-state index in [9.17, 15) is 14.1 Å². The molecule has 142 valence electrons. The van der Waals surface area contributed by atoms with Gasteiger partial charge in [0.05, 0.1) is 4.90 Å². The van der Waals surface area contributed by atoms with Crippen LogP contribution in [0.2, 0.25) is 0 Å². The molecule has 2 atom stereocenters. The highest BCUT2D eigenvalue weighted by Gasteiger charge is 2.25. The van der Waals surface area contributed by atoms with Crippen LogP contribution in [0.15, 0.2) is 39.6 Å². The van der Waals surface area contributed by atoms with E-state index in [1.165, 1.54) is 28.3 Å². The molecule has 2 aromatic rings. The zero-order chi connectivity index (χ0) is 19.0. The Kier molecular flexibility index (Phi) is 4.75. The standard InChI is InChI=1S/C20H23N3O3S/c21-27(26,16-7-1-4-13(10-16)12-24)23-20(25)22-19-17-8-2-5-14(17)11-15-6-3-9-18(15)19/h1,4,7,10-12,20,22,25H,2-3,5-6,8-9H2,(H2,21,23,26). The second kappa shape index (κ2) is 7.07. The van der Waals surface area contributed by atoms with Crippen molar-refractivity contribution in [3.05, 3.63) is 58.1 Å². The normalized spacial score (nSPS) is 18.3. The van der Waals surface area contributed by atoms with Gasteiger partial charge in [-0.1, -0.05) is 18.2 Å². The maximum Gasteiger partial charge on any atom is 0.233 e. The number of aryl methyl sites for hydroxylation is 2. The monoisotopic (exact) mass is 385 g/mol. The molecule has 0 radical (unpaired) electrons. The largest absolute Gasteiger partial charge is 0.355 e. The van der Waals surface area contributed by atoms with Crippen LogP contribution in [0.1, 0.15) is 45.5 Å². The summed E-state index contributed by atoms with van der Waals surface area (Å²) >= 11 is 0. The number of nitrogens with one attached hydrogen (secondary N) is 1. The fourth-order valence-electron chi connectivity index (χ4n) is 4.12. The van der Waals surface area contributed by atoms with Crippen molar-refractivity contribution in [2.75, 3.05) is 5.32 Å². The van der Waals surface area contributed by atoms with Crippen LogP contribution in [0.5, 0.6) is 0 Å². The molecule has 0 saturated carbocycles. The molecule has 0 bridgehead atoms. The zero-order valence-electron chi connectivity index (χ0n) is 15.0. The molecule has 2 aromatic carbocycles. The summed E-state index contributed by atoms with van der Waals surface area (Å²) in [4.78, 5) is 11.2. The Morgan fingerprint density at radius 2 is 1.78 bits per heavy atom. The molecule has 0 aliphatic heterocycles. The molecule has 4 rings (SSSR count). The lowest BCUT2D eigenvalue weighted by atomic mass is 9.99. The van der Waals surface area contributed by atoms with E-state index in [2.05, 4.69) is 15.7 Å². The Morgan fingerprint density at radius 1 is 1.11 bits per heavy atom. The van der Waals surface area contributed by atoms with Crippen LogP contribution >= 0.6 is 0 Å². The van der Waals surface area contributed by atoms with Crippen molar-refractivity contribution in [2.24, 2.45) is 9.50 Å². The first kappa shape index (κ1) is 18.2. The molecule has 4 N–H and O–H groups in total. The summed E-state index contributed by atoms with van der Waals surface area (Å²) < 4.78 is 16.8. The summed E-state index contributed by atoms with van der Waals surface area (Å²) in [7, 11) is -3.34. The lowest BCUT2D eigenvalue weighted by molar-refractivity contribution is 0.112. The van der Waals surface area contributed by atoms with E-state index in [1.54, 1.807) is 18.2 Å². The molecule has 2 aliphatic carbocycles. The number of nitrogens with two attached hydrogens (primary N) is 1. The molecule has 2 aliphatic rings. The highest BCUT2D eigenvalue weighted by Crippen LogP contribution is 2.38. The van der Waals surface area contributed by atoms with Gasteiger partial charge in [0, 0.05) is 11.3 Å². The smallest absolute Gasteiger partial charge is 0.233 e. The number of aliphatic hydroxyl groups excluding tert-OH is 1. The third kappa shape index (κ3) is 3.50. The summed E-state index contributed by atoms with van der Waals surface area (Å²) in [6.45, 7) is 0. The number of carbonyl (C=O) groups excluding carboxylic acids is 1. The number of fused-ring (bicyclic) bond motifs is 2. The fourth-order valence-corrected chi connectivity index (χ4v) is 5.17. The van der Waals surface area contributed by atoms with E-state index in [1.807, 2.05) is 0 Å². The second-order valence-corrected chi connectivity index (χ2v) is 8.94. The van der Waals surface area contributed by atoms with Crippen LogP contribution in [0.3, 0.4) is 0 Å². The molecule has 27 heavy (non-hydrogen) atoms. The van der Waals surface area contributed by atoms with Gasteiger partial charge in [0.25, 0.3) is 0 Å². The summed E-state index contributed by atoms with van der Waals surface area (Å²) in [5.74, 6) is 0. The minimum Gasteiger partial charge on any atom is -0.355 e. The van der Waals surface area contributed by atoms with Crippen LogP contribution in [0.25, 0.3) is 0 Å². The Bertz CT molecular complexity index is 993. The maximum absolute atomic E-state index is 12.8. The van der Waals surface area contributed by atoms with Crippen LogP contribution < -0.4 is 10.5 Å². The van der Waals surface area contributed by atoms with Crippen molar-refractivity contribution in [3.8, 4) is 0 Å². The number of carbonyl (C=O) groups is 1. The Balaban J connectivity index is 1.67. The van der Waals surface area contributed by atoms with Crippen LogP contribution in [-0.4, -0.2) is 22.0 Å². The minimum atomic E-state index is -3.34. The highest BCUT2D eigenvalue weighted by molar-refractivity contribution is 7.91. The molecule has 0 spiro atoms. The van der Waals surface area contributed by atoms with Gasteiger partial charge in [-0.25, -0.2) is 9.35 Å². The second-order valence-electron chi connectivity index (χ2n) is 7.12. The van der Waals surface area contributed by atoms with Crippen LogP contribution in [0.4, 0.5) is 5.69 Å². The van der Waals surface area contributed by atoms with Crippen molar-refractivity contribution >= 4 is 21.9 Å². The number of rotatable bonds is 5. The molecule has 0 heterocycles. The highest BCUT2D eigenvalue weighted by atomic mass is 32.2. The third-order valence-corrected chi connectivity index (χ3v) is 6.78. The van der Waals surface area contributed by atoms with Gasteiger partial charge in [0.2, 0.25) is 6.35 Å². The van der Waals surface area contributed by atoms with Gasteiger partial charge in [-0.3, -0.25) is 4.79 Å². The Morgan fingerprint density at radius 3 is 2.41 bits per heavy atom.